The van der Waals surface area contributed by atoms with Gasteiger partial charge in [0, 0.05) is 0 Å². The van der Waals surface area contributed by atoms with Crippen molar-refractivity contribution in [2.45, 2.75) is 39.2 Å². The summed E-state index contributed by atoms with van der Waals surface area (Å²) in [5, 5.41) is 2.97. The molecule has 0 aromatic heterocycles. The second-order valence-corrected chi connectivity index (χ2v) is 4.58. The maximum absolute atomic E-state index is 5.39. The second-order valence-electron chi connectivity index (χ2n) is 4.58. The number of ether oxygens (including phenoxy) is 2. The Morgan fingerprint density at radius 2 is 2.12 bits per heavy atom. The fourth-order valence-electron chi connectivity index (χ4n) is 2.19. The van der Waals surface area contributed by atoms with Crippen LogP contribution in [0.1, 0.15) is 32.3 Å². The minimum atomic E-state index is 0.378. The third kappa shape index (κ3) is 3.08. The largest absolute Gasteiger partial charge is 0.376 e. The molecule has 0 aromatic carbocycles. The van der Waals surface area contributed by atoms with Gasteiger partial charge in [0.05, 0.1) is 25.9 Å². The van der Waals surface area contributed by atoms with Gasteiger partial charge >= 0.3 is 0 Å². The third-order valence-electron chi connectivity index (χ3n) is 3.29. The lowest BCUT2D eigenvalue weighted by molar-refractivity contribution is -0.0906. The molecule has 1 aliphatic heterocycles. The van der Waals surface area contributed by atoms with E-state index in [-0.39, 0.29) is 0 Å². The topological polar surface area (TPSA) is 18.5 Å². The first-order valence-corrected chi connectivity index (χ1v) is 6.67. The maximum atomic E-state index is 5.39. The minimum Gasteiger partial charge on any atom is -0.376 e. The summed E-state index contributed by atoms with van der Waals surface area (Å²) < 4.78 is 10.6. The van der Waals surface area contributed by atoms with E-state index in [4.69, 9.17) is 9.47 Å². The molecule has 1 saturated heterocycles. The molecule has 0 bridgehead atoms. The molecule has 0 radical (unpaired) electrons. The van der Waals surface area contributed by atoms with E-state index in [0.29, 0.717) is 6.10 Å². The van der Waals surface area contributed by atoms with Gasteiger partial charge in [-0.25, -0.2) is 0 Å². The van der Waals surface area contributed by atoms with Crippen LogP contribution in [0.5, 0.6) is 0 Å². The number of hydrogen-bond acceptors (Lipinski definition) is 2. The Morgan fingerprint density at radius 1 is 1.24 bits per heavy atom. The fourth-order valence-corrected chi connectivity index (χ4v) is 2.19. The van der Waals surface area contributed by atoms with Crippen molar-refractivity contribution in [1.82, 2.24) is 0 Å². The molecule has 94 valence electrons. The van der Waals surface area contributed by atoms with Gasteiger partial charge in [0.25, 0.3) is 0 Å². The Morgan fingerprint density at radius 3 is 2.47 bits per heavy atom. The Bertz CT molecular complexity index is 430. The smallest absolute Gasteiger partial charge is 0.0809 e. The summed E-state index contributed by atoms with van der Waals surface area (Å²) in [5.41, 5.74) is 1.53. The van der Waals surface area contributed by atoms with Crippen molar-refractivity contribution in [2.24, 2.45) is 0 Å². The van der Waals surface area contributed by atoms with Crippen molar-refractivity contribution in [2.75, 3.05) is 19.8 Å². The summed E-state index contributed by atoms with van der Waals surface area (Å²) in [7, 11) is 0. The zero-order valence-corrected chi connectivity index (χ0v) is 10.9. The van der Waals surface area contributed by atoms with E-state index in [1.54, 1.807) is 0 Å². The normalized spacial score (nSPS) is 20.5. The lowest BCUT2D eigenvalue weighted by atomic mass is 9.98. The Labute approximate surface area is 103 Å². The van der Waals surface area contributed by atoms with Crippen molar-refractivity contribution < 1.29 is 9.47 Å². The van der Waals surface area contributed by atoms with Crippen LogP contribution in [0.3, 0.4) is 0 Å². The first-order chi connectivity index (χ1) is 8.35. The van der Waals surface area contributed by atoms with Gasteiger partial charge in [-0.15, -0.1) is 0 Å². The highest BCUT2D eigenvalue weighted by Crippen LogP contribution is 2.15. The van der Waals surface area contributed by atoms with Gasteiger partial charge in [-0.05, 0) is 28.8 Å². The standard InChI is InChI=1S/C8H8.C7H14O2/c1-2-6-5-7-3-4-8(6)7;1-2-3-7-6-8-4-5-9-7/h3-5H,2H2,1H3;7H,2-6H2,1H3. The average molecular weight is 234 g/mol. The summed E-state index contributed by atoms with van der Waals surface area (Å²) in [5.74, 6) is 0. The Hall–Kier alpha value is -0.860. The van der Waals surface area contributed by atoms with Crippen LogP contribution in [0.2, 0.25) is 0 Å². The van der Waals surface area contributed by atoms with E-state index >= 15 is 0 Å². The van der Waals surface area contributed by atoms with Crippen LogP contribution in [-0.4, -0.2) is 25.9 Å². The van der Waals surface area contributed by atoms with Crippen molar-refractivity contribution in [3.05, 3.63) is 34.2 Å². The van der Waals surface area contributed by atoms with E-state index in [1.807, 2.05) is 0 Å². The van der Waals surface area contributed by atoms with Crippen LogP contribution in [0, 0.1) is 10.4 Å². The summed E-state index contributed by atoms with van der Waals surface area (Å²) >= 11 is 0. The molecular formula is C15H22O2. The molecule has 0 N–H and O–H groups in total. The molecule has 2 nitrogen and oxygen atoms in total. The van der Waals surface area contributed by atoms with Gasteiger partial charge in [0.2, 0.25) is 0 Å². The molecule has 3 aliphatic rings. The molecule has 2 aliphatic carbocycles. The monoisotopic (exact) mass is 234 g/mol. The zero-order chi connectivity index (χ0) is 12.1. The molecule has 1 fully saturated rings. The highest BCUT2D eigenvalue weighted by molar-refractivity contribution is 5.33. The Balaban J connectivity index is 0.000000127. The van der Waals surface area contributed by atoms with Crippen molar-refractivity contribution in [3.63, 3.8) is 0 Å². The Kier molecular flexibility index (Phi) is 4.57. The van der Waals surface area contributed by atoms with E-state index in [0.717, 1.165) is 26.2 Å². The molecule has 1 heterocycles. The molecular weight excluding hydrogens is 212 g/mol. The minimum absolute atomic E-state index is 0.378. The van der Waals surface area contributed by atoms with E-state index in [2.05, 4.69) is 32.0 Å². The van der Waals surface area contributed by atoms with Gasteiger partial charge in [0.15, 0.2) is 0 Å². The maximum Gasteiger partial charge on any atom is 0.0809 e. The predicted molar refractivity (Wildman–Crippen MR) is 69.0 cm³/mol. The number of hydrogen-bond donors (Lipinski definition) is 0. The third-order valence-corrected chi connectivity index (χ3v) is 3.29. The molecule has 3 rings (SSSR count). The van der Waals surface area contributed by atoms with Gasteiger partial charge < -0.3 is 9.47 Å². The van der Waals surface area contributed by atoms with Gasteiger partial charge in [0.1, 0.15) is 0 Å². The van der Waals surface area contributed by atoms with Gasteiger partial charge in [-0.1, -0.05) is 38.5 Å². The van der Waals surface area contributed by atoms with E-state index < -0.39 is 0 Å². The van der Waals surface area contributed by atoms with Crippen molar-refractivity contribution in [3.8, 4) is 0 Å². The quantitative estimate of drug-likeness (QED) is 0.812. The fraction of sp³-hybridized carbons (Fsp3) is 0.600. The summed E-state index contributed by atoms with van der Waals surface area (Å²) in [6.45, 7) is 6.72. The number of aryl methyl sites for hydroxylation is 1. The zero-order valence-electron chi connectivity index (χ0n) is 10.9. The van der Waals surface area contributed by atoms with Gasteiger partial charge in [-0.3, -0.25) is 0 Å². The lowest BCUT2D eigenvalue weighted by Crippen LogP contribution is -2.28. The average Bonchev–Trinajstić information content (AvgIpc) is 2.35. The molecule has 0 aromatic rings. The van der Waals surface area contributed by atoms with Crippen LogP contribution in [0.25, 0.3) is 0 Å². The van der Waals surface area contributed by atoms with Crippen LogP contribution < -0.4 is 0 Å². The van der Waals surface area contributed by atoms with E-state index in [1.165, 1.54) is 28.8 Å². The van der Waals surface area contributed by atoms with Crippen LogP contribution in [0.15, 0.2) is 18.2 Å². The number of rotatable bonds is 3. The molecule has 0 saturated carbocycles. The highest BCUT2D eigenvalue weighted by Gasteiger charge is 2.11. The molecule has 0 spiro atoms. The molecule has 2 heteroatoms. The van der Waals surface area contributed by atoms with Crippen LogP contribution in [0.4, 0.5) is 0 Å². The lowest BCUT2D eigenvalue weighted by Gasteiger charge is -2.21. The van der Waals surface area contributed by atoms with Crippen LogP contribution >= 0.6 is 0 Å². The SMILES string of the molecule is CCCC1COCCO1.CCc1cc2ccc1=2. The van der Waals surface area contributed by atoms with E-state index in [9.17, 15) is 0 Å². The van der Waals surface area contributed by atoms with Crippen molar-refractivity contribution in [1.29, 1.82) is 0 Å². The molecule has 17 heavy (non-hydrogen) atoms. The molecule has 1 unspecified atom stereocenters. The van der Waals surface area contributed by atoms with Crippen LogP contribution in [-0.2, 0) is 15.9 Å². The predicted octanol–water partition coefficient (Wildman–Crippen LogP) is 3.05. The second kappa shape index (κ2) is 6.18. The van der Waals surface area contributed by atoms with Crippen molar-refractivity contribution >= 4 is 0 Å². The first kappa shape index (κ1) is 12.6. The molecule has 1 atom stereocenters. The molecule has 0 amide bonds. The number of benzene rings is 1. The summed E-state index contributed by atoms with van der Waals surface area (Å²) in [4.78, 5) is 0. The first-order valence-electron chi connectivity index (χ1n) is 6.67. The summed E-state index contributed by atoms with van der Waals surface area (Å²) in [6.07, 6.45) is 3.90. The van der Waals surface area contributed by atoms with Gasteiger partial charge in [-0.2, -0.15) is 0 Å². The summed E-state index contributed by atoms with van der Waals surface area (Å²) in [6, 6.07) is 6.61. The highest BCUT2D eigenvalue weighted by atomic mass is 16.6.